The van der Waals surface area contributed by atoms with Gasteiger partial charge in [0.05, 0.1) is 12.9 Å². The average molecular weight is 413 g/mol. The lowest BCUT2D eigenvalue weighted by Gasteiger charge is -2.25. The Morgan fingerprint density at radius 1 is 1.14 bits per heavy atom. The van der Waals surface area contributed by atoms with Crippen molar-refractivity contribution < 1.29 is 22.6 Å². The largest absolute Gasteiger partial charge is 0.454 e. The molecular formula is C17H18F3N5O2S. The van der Waals surface area contributed by atoms with Gasteiger partial charge in [0.2, 0.25) is 11.6 Å². The molecule has 2 aromatic rings. The Bertz CT molecular complexity index is 947. The molecule has 7 nitrogen and oxygen atoms in total. The first-order chi connectivity index (χ1) is 13.4. The predicted molar refractivity (Wildman–Crippen MR) is 97.0 cm³/mol. The number of halogens is 3. The number of piperidine rings is 1. The van der Waals surface area contributed by atoms with Crippen molar-refractivity contribution in [2.24, 2.45) is 5.10 Å². The molecule has 0 aliphatic carbocycles. The molecule has 0 unspecified atom stereocenters. The van der Waals surface area contributed by atoms with Gasteiger partial charge in [0.15, 0.2) is 11.5 Å². The van der Waals surface area contributed by atoms with E-state index in [0.29, 0.717) is 21.7 Å². The van der Waals surface area contributed by atoms with Crippen molar-refractivity contribution in [3.05, 3.63) is 34.4 Å². The zero-order chi connectivity index (χ0) is 19.7. The molecule has 150 valence electrons. The molecule has 0 bridgehead atoms. The lowest BCUT2D eigenvalue weighted by atomic mass is 10.1. The maximum absolute atomic E-state index is 13.5. The third kappa shape index (κ3) is 3.90. The molecule has 0 amide bonds. The van der Waals surface area contributed by atoms with Crippen LogP contribution in [0.2, 0.25) is 0 Å². The van der Waals surface area contributed by atoms with Gasteiger partial charge in [0.25, 0.3) is 5.82 Å². The molecule has 4 rings (SSSR count). The van der Waals surface area contributed by atoms with Crippen molar-refractivity contribution >= 4 is 18.4 Å². The second-order valence-electron chi connectivity index (χ2n) is 6.59. The zero-order valence-electron chi connectivity index (χ0n) is 14.9. The molecule has 0 spiro atoms. The summed E-state index contributed by atoms with van der Waals surface area (Å²) in [5, 5.41) is 7.65. The maximum atomic E-state index is 13.5. The molecule has 1 aromatic carbocycles. The van der Waals surface area contributed by atoms with E-state index in [-0.39, 0.29) is 18.2 Å². The maximum Gasteiger partial charge on any atom is 0.453 e. The summed E-state index contributed by atoms with van der Waals surface area (Å²) in [6.07, 6.45) is -0.221. The minimum Gasteiger partial charge on any atom is -0.454 e. The van der Waals surface area contributed by atoms with Crippen LogP contribution in [0.25, 0.3) is 0 Å². The van der Waals surface area contributed by atoms with Gasteiger partial charge < -0.3 is 9.47 Å². The summed E-state index contributed by atoms with van der Waals surface area (Å²) in [6.45, 7) is 1.96. The SMILES string of the molecule is FC(F)(F)c1nn(CN2CCCCC2)c(=S)n1N=Cc1ccc2c(c1)OCO2. The molecule has 28 heavy (non-hydrogen) atoms. The standard InChI is InChI=1S/C17H18F3N5O2S/c18-17(19,20)15-22-24(10-23-6-2-1-3-7-23)16(28)25(15)21-9-12-4-5-13-14(8-12)27-11-26-13/h4-5,8-9H,1-3,6-7,10-11H2. The van der Waals surface area contributed by atoms with E-state index in [2.05, 4.69) is 10.2 Å². The highest BCUT2D eigenvalue weighted by Gasteiger charge is 2.39. The fourth-order valence-corrected chi connectivity index (χ4v) is 3.41. The number of aromatic nitrogens is 3. The Morgan fingerprint density at radius 3 is 2.64 bits per heavy atom. The molecule has 1 aromatic heterocycles. The van der Waals surface area contributed by atoms with E-state index in [0.717, 1.165) is 32.4 Å². The Morgan fingerprint density at radius 2 is 1.89 bits per heavy atom. The van der Waals surface area contributed by atoms with Gasteiger partial charge in [-0.25, -0.2) is 4.68 Å². The van der Waals surface area contributed by atoms with Crippen molar-refractivity contribution in [3.63, 3.8) is 0 Å². The number of likely N-dealkylation sites (tertiary alicyclic amines) is 1. The second kappa shape index (κ2) is 7.55. The minimum absolute atomic E-state index is 0.102. The first-order valence-corrected chi connectivity index (χ1v) is 9.26. The van der Waals surface area contributed by atoms with Crippen LogP contribution in [-0.2, 0) is 12.8 Å². The Hall–Kier alpha value is -2.40. The highest BCUT2D eigenvalue weighted by atomic mass is 32.1. The number of ether oxygens (including phenoxy) is 2. The van der Waals surface area contributed by atoms with Crippen LogP contribution >= 0.6 is 12.2 Å². The lowest BCUT2D eigenvalue weighted by molar-refractivity contribution is -0.147. The third-order valence-corrected chi connectivity index (χ3v) is 4.96. The van der Waals surface area contributed by atoms with E-state index in [9.17, 15) is 13.2 Å². The number of nitrogens with zero attached hydrogens (tertiary/aromatic N) is 5. The third-order valence-electron chi connectivity index (χ3n) is 4.57. The molecule has 3 heterocycles. The van der Waals surface area contributed by atoms with Gasteiger partial charge in [-0.15, -0.1) is 5.10 Å². The van der Waals surface area contributed by atoms with E-state index in [1.165, 1.54) is 10.9 Å². The summed E-state index contributed by atoms with van der Waals surface area (Å²) in [5.41, 5.74) is 0.558. The van der Waals surface area contributed by atoms with Crippen molar-refractivity contribution in [1.82, 2.24) is 19.4 Å². The van der Waals surface area contributed by atoms with Gasteiger partial charge >= 0.3 is 6.18 Å². The predicted octanol–water partition coefficient (Wildman–Crippen LogP) is 3.49. The number of fused-ring (bicyclic) bond motifs is 1. The van der Waals surface area contributed by atoms with Gasteiger partial charge in [-0.1, -0.05) is 6.42 Å². The first-order valence-electron chi connectivity index (χ1n) is 8.85. The summed E-state index contributed by atoms with van der Waals surface area (Å²) in [5.74, 6) is -0.0463. The molecule has 0 radical (unpaired) electrons. The number of benzene rings is 1. The summed E-state index contributed by atoms with van der Waals surface area (Å²) >= 11 is 5.22. The van der Waals surface area contributed by atoms with Crippen molar-refractivity contribution in [1.29, 1.82) is 0 Å². The quantitative estimate of drug-likeness (QED) is 0.567. The van der Waals surface area contributed by atoms with Gasteiger partial charge in [-0.05, 0) is 61.9 Å². The normalized spacial score (nSPS) is 17.5. The zero-order valence-corrected chi connectivity index (χ0v) is 15.7. The van der Waals surface area contributed by atoms with Crippen LogP contribution in [0.1, 0.15) is 30.7 Å². The van der Waals surface area contributed by atoms with Crippen LogP contribution in [0.15, 0.2) is 23.3 Å². The fraction of sp³-hybridized carbons (Fsp3) is 0.471. The number of hydrogen-bond acceptors (Lipinski definition) is 6. The van der Waals surface area contributed by atoms with Gasteiger partial charge in [-0.2, -0.15) is 22.9 Å². The summed E-state index contributed by atoms with van der Waals surface area (Å²) in [7, 11) is 0. The van der Waals surface area contributed by atoms with E-state index in [1.807, 2.05) is 4.90 Å². The number of rotatable bonds is 4. The van der Waals surface area contributed by atoms with E-state index in [4.69, 9.17) is 21.7 Å². The smallest absolute Gasteiger partial charge is 0.453 e. The van der Waals surface area contributed by atoms with E-state index in [1.54, 1.807) is 18.2 Å². The van der Waals surface area contributed by atoms with E-state index < -0.39 is 12.0 Å². The molecular weight excluding hydrogens is 395 g/mol. The topological polar surface area (TPSA) is 56.8 Å². The fourth-order valence-electron chi connectivity index (χ4n) is 3.18. The van der Waals surface area contributed by atoms with Crippen molar-refractivity contribution in [2.75, 3.05) is 19.9 Å². The van der Waals surface area contributed by atoms with Crippen LogP contribution in [0.5, 0.6) is 11.5 Å². The monoisotopic (exact) mass is 413 g/mol. The Labute approximate surface area is 164 Å². The number of alkyl halides is 3. The van der Waals surface area contributed by atoms with Crippen molar-refractivity contribution in [3.8, 4) is 11.5 Å². The molecule has 0 N–H and O–H groups in total. The molecule has 11 heteroatoms. The average Bonchev–Trinajstić information content (AvgIpc) is 3.25. The Kier molecular flexibility index (Phi) is 5.11. The highest BCUT2D eigenvalue weighted by Crippen LogP contribution is 2.32. The molecule has 0 saturated carbocycles. The molecule has 1 fully saturated rings. The van der Waals surface area contributed by atoms with Crippen LogP contribution < -0.4 is 9.47 Å². The molecule has 2 aliphatic heterocycles. The highest BCUT2D eigenvalue weighted by molar-refractivity contribution is 7.71. The van der Waals surface area contributed by atoms with E-state index >= 15 is 0 Å². The van der Waals surface area contributed by atoms with Crippen LogP contribution in [0.4, 0.5) is 13.2 Å². The first kappa shape index (κ1) is 18.9. The summed E-state index contributed by atoms with van der Waals surface area (Å²) < 4.78 is 52.6. The van der Waals surface area contributed by atoms with Gasteiger partial charge in [0, 0.05) is 0 Å². The summed E-state index contributed by atoms with van der Waals surface area (Å²) in [4.78, 5) is 2.04. The molecule has 0 atom stereocenters. The van der Waals surface area contributed by atoms with Crippen molar-refractivity contribution in [2.45, 2.75) is 32.1 Å². The Balaban J connectivity index is 1.64. The molecule has 1 saturated heterocycles. The van der Waals surface area contributed by atoms with Crippen LogP contribution in [-0.4, -0.2) is 45.5 Å². The lowest BCUT2D eigenvalue weighted by Crippen LogP contribution is -2.32. The number of hydrogen-bond donors (Lipinski definition) is 0. The van der Waals surface area contributed by atoms with Gasteiger partial charge in [0.1, 0.15) is 0 Å². The minimum atomic E-state index is -4.67. The van der Waals surface area contributed by atoms with Crippen LogP contribution in [0, 0.1) is 4.77 Å². The second-order valence-corrected chi connectivity index (χ2v) is 6.96. The summed E-state index contributed by atoms with van der Waals surface area (Å²) in [6, 6.07) is 4.99. The van der Waals surface area contributed by atoms with Crippen LogP contribution in [0.3, 0.4) is 0 Å². The van der Waals surface area contributed by atoms with Gasteiger partial charge in [-0.3, -0.25) is 4.90 Å². The molecule has 2 aliphatic rings.